The molecule has 0 aromatic carbocycles. The van der Waals surface area contributed by atoms with E-state index in [4.69, 9.17) is 11.6 Å². The van der Waals surface area contributed by atoms with E-state index in [9.17, 15) is 4.79 Å². The van der Waals surface area contributed by atoms with Crippen molar-refractivity contribution in [1.29, 1.82) is 0 Å². The lowest BCUT2D eigenvalue weighted by molar-refractivity contribution is -0.123. The van der Waals surface area contributed by atoms with Crippen molar-refractivity contribution in [3.63, 3.8) is 0 Å². The monoisotopic (exact) mass is 241 g/mol. The van der Waals surface area contributed by atoms with Gasteiger partial charge in [0.05, 0.1) is 6.04 Å². The summed E-state index contributed by atoms with van der Waals surface area (Å²) in [4.78, 5) is 12.1. The zero-order valence-electron chi connectivity index (χ0n) is 10.4. The van der Waals surface area contributed by atoms with Crippen molar-refractivity contribution in [3.8, 4) is 0 Å². The van der Waals surface area contributed by atoms with Gasteiger partial charge < -0.3 is 5.32 Å². The van der Waals surface area contributed by atoms with Crippen LogP contribution in [-0.4, -0.2) is 17.4 Å². The van der Waals surface area contributed by atoms with Gasteiger partial charge in [0.25, 0.3) is 0 Å². The number of rotatable bonds is 3. The predicted octanol–water partition coefficient (Wildman–Crippen LogP) is 3.03. The lowest BCUT2D eigenvalue weighted by atomic mass is 9.91. The van der Waals surface area contributed by atoms with Crippen LogP contribution in [0.25, 0.3) is 0 Å². The number of halogens is 1. The number of allylic oxidation sites excluding steroid dienone is 4. The zero-order chi connectivity index (χ0) is 12.3. The summed E-state index contributed by atoms with van der Waals surface area (Å²) in [7, 11) is 0. The molecule has 1 rings (SSSR count). The summed E-state index contributed by atoms with van der Waals surface area (Å²) in [6.07, 6.45) is 6.39. The molecule has 0 radical (unpaired) electrons. The maximum absolute atomic E-state index is 12.1. The van der Waals surface area contributed by atoms with Crippen LogP contribution < -0.4 is 5.32 Å². The fourth-order valence-electron chi connectivity index (χ4n) is 1.88. The van der Waals surface area contributed by atoms with E-state index in [1.165, 1.54) is 0 Å². The molecule has 0 saturated heterocycles. The van der Waals surface area contributed by atoms with Gasteiger partial charge in [0.1, 0.15) is 0 Å². The van der Waals surface area contributed by atoms with Crippen molar-refractivity contribution >= 4 is 17.4 Å². The van der Waals surface area contributed by atoms with Gasteiger partial charge >= 0.3 is 0 Å². The Morgan fingerprint density at radius 2 is 2.19 bits per heavy atom. The Labute approximate surface area is 103 Å². The molecule has 0 spiro atoms. The van der Waals surface area contributed by atoms with E-state index in [0.29, 0.717) is 5.03 Å². The number of carbonyl (C=O) groups excluding carboxylic acids is 1. The zero-order valence-corrected chi connectivity index (χ0v) is 11.1. The summed E-state index contributed by atoms with van der Waals surface area (Å²) in [5, 5.41) is 3.94. The summed E-state index contributed by atoms with van der Waals surface area (Å²) in [5.41, 5.74) is -0.0485. The van der Waals surface area contributed by atoms with Crippen molar-refractivity contribution in [2.45, 2.75) is 45.7 Å². The Hall–Kier alpha value is -0.600. The highest BCUT2D eigenvalue weighted by Gasteiger charge is 2.25. The smallest absolute Gasteiger partial charge is 0.156 e. The number of carbonyl (C=O) groups is 1. The summed E-state index contributed by atoms with van der Waals surface area (Å²) >= 11 is 5.89. The van der Waals surface area contributed by atoms with Gasteiger partial charge in [-0.15, -0.1) is 0 Å². The maximum atomic E-state index is 12.1. The minimum Gasteiger partial charge on any atom is -0.303 e. The molecule has 0 amide bonds. The first-order chi connectivity index (χ1) is 7.29. The third kappa shape index (κ3) is 4.11. The minimum atomic E-state index is -0.141. The van der Waals surface area contributed by atoms with E-state index < -0.39 is 0 Å². The Kier molecular flexibility index (Phi) is 4.34. The topological polar surface area (TPSA) is 29.1 Å². The first kappa shape index (κ1) is 13.5. The van der Waals surface area contributed by atoms with Crippen LogP contribution in [0.5, 0.6) is 0 Å². The maximum Gasteiger partial charge on any atom is 0.156 e. The van der Waals surface area contributed by atoms with Crippen LogP contribution in [0.4, 0.5) is 0 Å². The van der Waals surface area contributed by atoms with Gasteiger partial charge in [-0.1, -0.05) is 23.8 Å². The van der Waals surface area contributed by atoms with Gasteiger partial charge in [-0.2, -0.15) is 0 Å². The molecule has 1 aliphatic carbocycles. The molecule has 0 aliphatic heterocycles. The Morgan fingerprint density at radius 3 is 2.69 bits per heavy atom. The van der Waals surface area contributed by atoms with Gasteiger partial charge in [0.2, 0.25) is 0 Å². The number of hydrogen-bond acceptors (Lipinski definition) is 2. The number of hydrogen-bond donors (Lipinski definition) is 1. The van der Waals surface area contributed by atoms with Crippen LogP contribution in [0.15, 0.2) is 23.3 Å². The average Bonchev–Trinajstić information content (AvgIpc) is 2.14. The fourth-order valence-corrected chi connectivity index (χ4v) is 2.12. The van der Waals surface area contributed by atoms with Crippen molar-refractivity contribution in [1.82, 2.24) is 5.32 Å². The molecule has 2 nitrogen and oxygen atoms in total. The molecule has 0 aromatic heterocycles. The van der Waals surface area contributed by atoms with Crippen molar-refractivity contribution in [2.75, 3.05) is 0 Å². The quantitative estimate of drug-likeness (QED) is 0.823. The van der Waals surface area contributed by atoms with Gasteiger partial charge in [-0.25, -0.2) is 0 Å². The molecule has 0 saturated carbocycles. The van der Waals surface area contributed by atoms with Crippen LogP contribution in [-0.2, 0) is 4.79 Å². The third-order valence-corrected chi connectivity index (χ3v) is 2.72. The number of Topliss-reactive ketones (excluding diaryl/α,β-unsaturated/α-hetero) is 1. The van der Waals surface area contributed by atoms with Crippen molar-refractivity contribution in [3.05, 3.63) is 23.3 Å². The van der Waals surface area contributed by atoms with E-state index in [1.807, 2.05) is 25.2 Å². The standard InChI is InChI=1S/C13H20ClNO/c1-9(15-13(2,3)4)12(16)10-6-5-7-11(14)8-10/h5,7-10,15H,6H2,1-4H3/t9-,10+/m1/s1. The molecule has 0 heterocycles. The van der Waals surface area contributed by atoms with E-state index in [1.54, 1.807) is 0 Å². The molecule has 0 unspecified atom stereocenters. The molecule has 16 heavy (non-hydrogen) atoms. The van der Waals surface area contributed by atoms with Crippen LogP contribution >= 0.6 is 11.6 Å². The lowest BCUT2D eigenvalue weighted by Crippen LogP contribution is -2.47. The summed E-state index contributed by atoms with van der Waals surface area (Å²) in [6, 6.07) is -0.141. The van der Waals surface area contributed by atoms with Crippen molar-refractivity contribution in [2.24, 2.45) is 5.92 Å². The molecule has 90 valence electrons. The number of nitrogens with one attached hydrogen (secondary N) is 1. The van der Waals surface area contributed by atoms with E-state index in [2.05, 4.69) is 26.1 Å². The largest absolute Gasteiger partial charge is 0.303 e. The van der Waals surface area contributed by atoms with Gasteiger partial charge in [-0.05, 0) is 40.2 Å². The molecule has 3 heteroatoms. The third-order valence-electron chi connectivity index (χ3n) is 2.47. The molecule has 0 aromatic rings. The second-order valence-electron chi connectivity index (χ2n) is 5.31. The first-order valence-electron chi connectivity index (χ1n) is 5.65. The van der Waals surface area contributed by atoms with E-state index in [0.717, 1.165) is 6.42 Å². The summed E-state index contributed by atoms with van der Waals surface area (Å²) in [6.45, 7) is 8.08. The van der Waals surface area contributed by atoms with E-state index in [-0.39, 0.29) is 23.3 Å². The Morgan fingerprint density at radius 1 is 1.56 bits per heavy atom. The van der Waals surface area contributed by atoms with Crippen LogP contribution in [0.1, 0.15) is 34.1 Å². The molecule has 2 atom stereocenters. The summed E-state index contributed by atoms with van der Waals surface area (Å²) < 4.78 is 0. The normalized spacial score (nSPS) is 22.8. The average molecular weight is 242 g/mol. The highest BCUT2D eigenvalue weighted by atomic mass is 35.5. The highest BCUT2D eigenvalue weighted by molar-refractivity contribution is 6.31. The van der Waals surface area contributed by atoms with Gasteiger partial charge in [0.15, 0.2) is 5.78 Å². The predicted molar refractivity (Wildman–Crippen MR) is 68.5 cm³/mol. The lowest BCUT2D eigenvalue weighted by Gasteiger charge is -2.27. The first-order valence-corrected chi connectivity index (χ1v) is 6.02. The van der Waals surface area contributed by atoms with Gasteiger partial charge in [-0.3, -0.25) is 4.79 Å². The van der Waals surface area contributed by atoms with Crippen LogP contribution in [0, 0.1) is 5.92 Å². The SMILES string of the molecule is C[C@@H](NC(C)(C)C)C(=O)[C@@H]1C=C(Cl)C=CC1. The fraction of sp³-hybridized carbons (Fsp3) is 0.615. The highest BCUT2D eigenvalue weighted by Crippen LogP contribution is 2.21. The second kappa shape index (κ2) is 5.15. The van der Waals surface area contributed by atoms with Gasteiger partial charge in [0, 0.05) is 16.5 Å². The van der Waals surface area contributed by atoms with Crippen molar-refractivity contribution < 1.29 is 4.79 Å². The molecule has 1 aliphatic rings. The summed E-state index contributed by atoms with van der Waals surface area (Å²) in [5.74, 6) is 0.125. The molecular weight excluding hydrogens is 222 g/mol. The number of ketones is 1. The Balaban J connectivity index is 2.61. The minimum absolute atomic E-state index is 0.0485. The van der Waals surface area contributed by atoms with Crippen LogP contribution in [0.2, 0.25) is 0 Å². The molecule has 0 bridgehead atoms. The van der Waals surface area contributed by atoms with Crippen LogP contribution in [0.3, 0.4) is 0 Å². The Bertz CT molecular complexity index is 325. The molecule has 0 fully saturated rings. The second-order valence-corrected chi connectivity index (χ2v) is 5.75. The molecular formula is C13H20ClNO. The molecule has 1 N–H and O–H groups in total. The van der Waals surface area contributed by atoms with E-state index >= 15 is 0 Å².